The molecule has 10 heteroatoms. The van der Waals surface area contributed by atoms with Gasteiger partial charge in [-0.2, -0.15) is 13.2 Å². The van der Waals surface area contributed by atoms with Gasteiger partial charge in [-0.05, 0) is 36.8 Å². The van der Waals surface area contributed by atoms with E-state index in [9.17, 15) is 18.0 Å². The molecule has 0 radical (unpaired) electrons. The molecule has 1 atom stereocenters. The van der Waals surface area contributed by atoms with Crippen LogP contribution in [0.25, 0.3) is 16.6 Å². The third-order valence-electron chi connectivity index (χ3n) is 6.09. The van der Waals surface area contributed by atoms with Crippen LogP contribution in [0.2, 0.25) is 0 Å². The van der Waals surface area contributed by atoms with Crippen molar-refractivity contribution < 1.29 is 22.7 Å². The Bertz CT molecular complexity index is 1410. The summed E-state index contributed by atoms with van der Waals surface area (Å²) in [6.07, 6.45) is -0.790. The lowest BCUT2D eigenvalue weighted by Crippen LogP contribution is -2.34. The number of fused-ring (bicyclic) bond motifs is 4. The molecular formula is C23H20F3N5O2. The topological polar surface area (TPSA) is 85.8 Å². The van der Waals surface area contributed by atoms with Gasteiger partial charge in [-0.25, -0.2) is 9.97 Å². The summed E-state index contributed by atoms with van der Waals surface area (Å²) in [5.41, 5.74) is 8.91. The number of hydrogen-bond donors (Lipinski definition) is 1. The fourth-order valence-corrected chi connectivity index (χ4v) is 4.34. The van der Waals surface area contributed by atoms with Crippen LogP contribution in [0.3, 0.4) is 0 Å². The van der Waals surface area contributed by atoms with Crippen LogP contribution < -0.4 is 10.5 Å². The number of nitrogens with two attached hydrogens (primary N) is 1. The highest BCUT2D eigenvalue weighted by molar-refractivity contribution is 5.99. The number of carbonyl (C=O) groups excluding carboxylic acids is 1. The van der Waals surface area contributed by atoms with Crippen LogP contribution in [-0.2, 0) is 6.18 Å². The molecule has 1 amide bonds. The van der Waals surface area contributed by atoms with Crippen LogP contribution in [0.1, 0.15) is 39.5 Å². The highest BCUT2D eigenvalue weighted by Crippen LogP contribution is 2.40. The Kier molecular flexibility index (Phi) is 4.70. The number of carbonyl (C=O) groups is 1. The molecule has 0 unspecified atom stereocenters. The van der Waals surface area contributed by atoms with Crippen LogP contribution in [0, 0.1) is 6.92 Å². The fourth-order valence-electron chi connectivity index (χ4n) is 4.34. The van der Waals surface area contributed by atoms with Crippen molar-refractivity contribution in [2.45, 2.75) is 25.6 Å². The Morgan fingerprint density at radius 1 is 1.24 bits per heavy atom. The number of nitrogens with zero attached hydrogens (tertiary/aromatic N) is 4. The molecule has 0 spiro atoms. The van der Waals surface area contributed by atoms with Crippen molar-refractivity contribution in [3.05, 3.63) is 65.1 Å². The minimum Gasteiger partial charge on any atom is -0.493 e. The van der Waals surface area contributed by atoms with Crippen molar-refractivity contribution >= 4 is 28.3 Å². The molecule has 170 valence electrons. The summed E-state index contributed by atoms with van der Waals surface area (Å²) >= 11 is 0. The number of nitrogen functional groups attached to an aromatic ring is 1. The van der Waals surface area contributed by atoms with E-state index >= 15 is 0 Å². The number of ether oxygens (including phenoxy) is 1. The zero-order chi connectivity index (χ0) is 23.5. The van der Waals surface area contributed by atoms with E-state index in [0.29, 0.717) is 45.5 Å². The monoisotopic (exact) mass is 455 g/mol. The molecule has 0 saturated heterocycles. The van der Waals surface area contributed by atoms with Crippen LogP contribution in [0.15, 0.2) is 42.9 Å². The maximum Gasteiger partial charge on any atom is 0.416 e. The largest absolute Gasteiger partial charge is 0.493 e. The number of aromatic nitrogens is 3. The number of imidazole rings is 1. The van der Waals surface area contributed by atoms with Crippen LogP contribution in [0.5, 0.6) is 5.75 Å². The molecule has 5 rings (SSSR count). The zero-order valence-electron chi connectivity index (χ0n) is 17.8. The molecule has 33 heavy (non-hydrogen) atoms. The predicted octanol–water partition coefficient (Wildman–Crippen LogP) is 4.39. The Morgan fingerprint density at radius 2 is 2.03 bits per heavy atom. The first kappa shape index (κ1) is 21.0. The van der Waals surface area contributed by atoms with Crippen molar-refractivity contribution in [3.63, 3.8) is 0 Å². The van der Waals surface area contributed by atoms with Gasteiger partial charge in [0.25, 0.3) is 5.91 Å². The Morgan fingerprint density at radius 3 is 2.79 bits per heavy atom. The Labute approximate surface area is 186 Å². The Hall–Kier alpha value is -3.82. The number of benzene rings is 2. The SMILES string of the molecule is Cc1cc2nc(N)c3cncn3c2cc1C(=O)N(C)[C@@H]1CCOc2cc(C(F)(F)F)ccc21. The minimum atomic E-state index is -4.47. The normalized spacial score (nSPS) is 16.0. The number of anilines is 1. The van der Waals surface area contributed by atoms with E-state index in [1.165, 1.54) is 6.07 Å². The van der Waals surface area contributed by atoms with Gasteiger partial charge >= 0.3 is 6.18 Å². The van der Waals surface area contributed by atoms with E-state index in [1.807, 2.05) is 6.92 Å². The number of amides is 1. The van der Waals surface area contributed by atoms with Crippen molar-refractivity contribution in [1.29, 1.82) is 0 Å². The summed E-state index contributed by atoms with van der Waals surface area (Å²) in [7, 11) is 1.65. The van der Waals surface area contributed by atoms with E-state index in [4.69, 9.17) is 10.5 Å². The van der Waals surface area contributed by atoms with Crippen LogP contribution in [-0.4, -0.2) is 38.8 Å². The lowest BCUT2D eigenvalue weighted by molar-refractivity contribution is -0.137. The van der Waals surface area contributed by atoms with Crippen LogP contribution >= 0.6 is 0 Å². The van der Waals surface area contributed by atoms with Gasteiger partial charge in [0.2, 0.25) is 0 Å². The lowest BCUT2D eigenvalue weighted by Gasteiger charge is -2.34. The molecule has 2 aromatic heterocycles. The van der Waals surface area contributed by atoms with E-state index in [1.54, 1.807) is 41.0 Å². The molecule has 2 aromatic carbocycles. The molecule has 1 aliphatic heterocycles. The first-order valence-electron chi connectivity index (χ1n) is 10.3. The van der Waals surface area contributed by atoms with E-state index < -0.39 is 17.8 Å². The van der Waals surface area contributed by atoms with Gasteiger partial charge < -0.3 is 15.4 Å². The number of hydrogen-bond acceptors (Lipinski definition) is 5. The van der Waals surface area contributed by atoms with E-state index in [-0.39, 0.29) is 18.3 Å². The number of alkyl halides is 3. The average Bonchev–Trinajstić information content (AvgIpc) is 3.27. The van der Waals surface area contributed by atoms with Gasteiger partial charge in [0, 0.05) is 24.6 Å². The van der Waals surface area contributed by atoms with Crippen molar-refractivity contribution in [3.8, 4) is 5.75 Å². The smallest absolute Gasteiger partial charge is 0.416 e. The second-order valence-corrected chi connectivity index (χ2v) is 8.12. The molecule has 1 aliphatic rings. The Balaban J connectivity index is 1.54. The molecule has 2 N–H and O–H groups in total. The maximum absolute atomic E-state index is 13.5. The molecule has 7 nitrogen and oxygen atoms in total. The summed E-state index contributed by atoms with van der Waals surface area (Å²) in [6, 6.07) is 6.52. The average molecular weight is 455 g/mol. The molecular weight excluding hydrogens is 435 g/mol. The highest BCUT2D eigenvalue weighted by Gasteiger charge is 2.34. The third kappa shape index (κ3) is 3.42. The van der Waals surface area contributed by atoms with Gasteiger partial charge in [0.1, 0.15) is 17.1 Å². The maximum atomic E-state index is 13.5. The minimum absolute atomic E-state index is 0.149. The van der Waals surface area contributed by atoms with E-state index in [0.717, 1.165) is 12.1 Å². The van der Waals surface area contributed by atoms with Crippen molar-refractivity contribution in [2.24, 2.45) is 0 Å². The summed E-state index contributed by atoms with van der Waals surface area (Å²) in [5, 5.41) is 0. The third-order valence-corrected chi connectivity index (χ3v) is 6.09. The zero-order valence-corrected chi connectivity index (χ0v) is 17.8. The molecule has 0 fully saturated rings. The van der Waals surface area contributed by atoms with Gasteiger partial charge in [-0.1, -0.05) is 6.07 Å². The molecule has 4 aromatic rings. The van der Waals surface area contributed by atoms with Crippen molar-refractivity contribution in [2.75, 3.05) is 19.4 Å². The standard InChI is InChI=1S/C23H20F3N5O2/c1-12-7-16-18(31-11-28-10-19(31)21(27)29-16)9-15(12)22(32)30(2)17-5-6-33-20-8-13(23(24,25)26)3-4-14(17)20/h3-4,7-11,17H,5-6H2,1-2H3,(H2,27,29)/t17-/m1/s1. The summed E-state index contributed by atoms with van der Waals surface area (Å²) in [4.78, 5) is 23.6. The van der Waals surface area contributed by atoms with Crippen molar-refractivity contribution in [1.82, 2.24) is 19.3 Å². The lowest BCUT2D eigenvalue weighted by atomic mass is 9.96. The van der Waals surface area contributed by atoms with Gasteiger partial charge in [-0.15, -0.1) is 0 Å². The fraction of sp³-hybridized carbons (Fsp3) is 0.261. The second kappa shape index (κ2) is 7.36. The number of rotatable bonds is 2. The summed E-state index contributed by atoms with van der Waals surface area (Å²) < 4.78 is 46.6. The predicted molar refractivity (Wildman–Crippen MR) is 116 cm³/mol. The molecule has 0 aliphatic carbocycles. The molecule has 0 bridgehead atoms. The van der Waals surface area contributed by atoms with Gasteiger partial charge in [0.15, 0.2) is 0 Å². The number of halogens is 3. The summed E-state index contributed by atoms with van der Waals surface area (Å²) in [6.45, 7) is 2.02. The van der Waals surface area contributed by atoms with E-state index in [2.05, 4.69) is 9.97 Å². The van der Waals surface area contributed by atoms with Gasteiger partial charge in [-0.3, -0.25) is 9.20 Å². The number of aryl methyl sites for hydroxylation is 1. The second-order valence-electron chi connectivity index (χ2n) is 8.12. The van der Waals surface area contributed by atoms with Crippen LogP contribution in [0.4, 0.5) is 19.0 Å². The van der Waals surface area contributed by atoms with Gasteiger partial charge in [0.05, 0.1) is 41.8 Å². The first-order chi connectivity index (χ1) is 15.6. The highest BCUT2D eigenvalue weighted by atomic mass is 19.4. The molecule has 0 saturated carbocycles. The quantitative estimate of drug-likeness (QED) is 0.485. The summed E-state index contributed by atoms with van der Waals surface area (Å²) in [5.74, 6) is 0.237. The first-order valence-corrected chi connectivity index (χ1v) is 10.3. The molecule has 3 heterocycles.